The Kier molecular flexibility index (Phi) is 1.49. The molecule has 0 spiro atoms. The molecule has 0 aromatic carbocycles. The van der Waals surface area contributed by atoms with Gasteiger partial charge in [0.1, 0.15) is 0 Å². The summed E-state index contributed by atoms with van der Waals surface area (Å²) in [6, 6.07) is 0. The summed E-state index contributed by atoms with van der Waals surface area (Å²) in [7, 11) is 0. The Bertz CT molecular complexity index is 133. The highest BCUT2D eigenvalue weighted by Crippen LogP contribution is 2.09. The SMILES string of the molecule is CC1=CC=C[CH][C@@H]1O. The number of hydrogen-bond acceptors (Lipinski definition) is 1. The molecule has 8 heavy (non-hydrogen) atoms. The molecule has 1 atom stereocenters. The second kappa shape index (κ2) is 2.14. The van der Waals surface area contributed by atoms with Crippen molar-refractivity contribution < 1.29 is 5.11 Å². The Labute approximate surface area is 49.3 Å². The van der Waals surface area contributed by atoms with Crippen LogP contribution in [0, 0.1) is 6.42 Å². The van der Waals surface area contributed by atoms with Gasteiger partial charge < -0.3 is 5.11 Å². The maximum Gasteiger partial charge on any atom is 0.0819 e. The summed E-state index contributed by atoms with van der Waals surface area (Å²) in [6.45, 7) is 1.91. The lowest BCUT2D eigenvalue weighted by atomic mass is 10.0. The van der Waals surface area contributed by atoms with Gasteiger partial charge in [-0.25, -0.2) is 0 Å². The number of allylic oxidation sites excluding steroid dienone is 2. The molecule has 0 bridgehead atoms. The lowest BCUT2D eigenvalue weighted by molar-refractivity contribution is 0.246. The van der Waals surface area contributed by atoms with Gasteiger partial charge in [0.25, 0.3) is 0 Å². The van der Waals surface area contributed by atoms with Crippen LogP contribution >= 0.6 is 0 Å². The normalized spacial score (nSPS) is 27.8. The monoisotopic (exact) mass is 109 g/mol. The van der Waals surface area contributed by atoms with E-state index in [1.807, 2.05) is 25.2 Å². The minimum atomic E-state index is -0.347. The third kappa shape index (κ3) is 0.984. The van der Waals surface area contributed by atoms with Gasteiger partial charge in [0.2, 0.25) is 0 Å². The van der Waals surface area contributed by atoms with Crippen molar-refractivity contribution in [3.8, 4) is 0 Å². The van der Waals surface area contributed by atoms with Crippen LogP contribution in [0.25, 0.3) is 0 Å². The number of aliphatic hydroxyl groups excluding tert-OH is 1. The first-order chi connectivity index (χ1) is 3.80. The van der Waals surface area contributed by atoms with Gasteiger partial charge in [0.15, 0.2) is 0 Å². The van der Waals surface area contributed by atoms with Gasteiger partial charge in [-0.1, -0.05) is 18.2 Å². The Morgan fingerprint density at radius 3 is 2.62 bits per heavy atom. The first-order valence-electron chi connectivity index (χ1n) is 2.67. The largest absolute Gasteiger partial charge is 0.388 e. The van der Waals surface area contributed by atoms with E-state index in [-0.39, 0.29) is 6.10 Å². The van der Waals surface area contributed by atoms with E-state index in [9.17, 15) is 0 Å². The molecule has 0 amide bonds. The van der Waals surface area contributed by atoms with Crippen LogP contribution < -0.4 is 0 Å². The topological polar surface area (TPSA) is 20.2 Å². The number of rotatable bonds is 0. The van der Waals surface area contributed by atoms with E-state index in [0.29, 0.717) is 0 Å². The molecule has 1 aliphatic carbocycles. The highest BCUT2D eigenvalue weighted by atomic mass is 16.3. The van der Waals surface area contributed by atoms with Crippen molar-refractivity contribution in [2.45, 2.75) is 13.0 Å². The zero-order valence-electron chi connectivity index (χ0n) is 4.83. The lowest BCUT2D eigenvalue weighted by Gasteiger charge is -2.09. The quantitative estimate of drug-likeness (QED) is 0.493. The smallest absolute Gasteiger partial charge is 0.0819 e. The summed E-state index contributed by atoms with van der Waals surface area (Å²) in [6.07, 6.45) is 7.08. The molecule has 1 rings (SSSR count). The van der Waals surface area contributed by atoms with Crippen molar-refractivity contribution in [2.24, 2.45) is 0 Å². The molecule has 0 aromatic heterocycles. The average molecular weight is 109 g/mol. The third-order valence-electron chi connectivity index (χ3n) is 1.23. The van der Waals surface area contributed by atoms with Crippen molar-refractivity contribution in [3.63, 3.8) is 0 Å². The highest BCUT2D eigenvalue weighted by molar-refractivity contribution is 5.26. The summed E-state index contributed by atoms with van der Waals surface area (Å²) in [5, 5.41) is 9.00. The van der Waals surface area contributed by atoms with Gasteiger partial charge >= 0.3 is 0 Å². The molecule has 0 saturated carbocycles. The van der Waals surface area contributed by atoms with Crippen molar-refractivity contribution in [1.82, 2.24) is 0 Å². The molecule has 0 fully saturated rings. The molecule has 0 aliphatic heterocycles. The molecule has 1 N–H and O–H groups in total. The minimum Gasteiger partial charge on any atom is -0.388 e. The van der Waals surface area contributed by atoms with Crippen LogP contribution in [0.3, 0.4) is 0 Å². The van der Waals surface area contributed by atoms with Crippen LogP contribution in [0.2, 0.25) is 0 Å². The molecule has 1 heteroatoms. The van der Waals surface area contributed by atoms with Crippen molar-refractivity contribution in [3.05, 3.63) is 30.2 Å². The molecular weight excluding hydrogens is 100 g/mol. The van der Waals surface area contributed by atoms with Gasteiger partial charge in [0.05, 0.1) is 6.10 Å². The standard InChI is InChI=1S/C7H9O/c1-6-4-2-3-5-7(6)8/h2-5,7-8H,1H3/t7-/m0/s1. The van der Waals surface area contributed by atoms with E-state index in [1.54, 1.807) is 6.42 Å². The summed E-state index contributed by atoms with van der Waals surface area (Å²) in [5.41, 5.74) is 1.01. The predicted molar refractivity (Wildman–Crippen MR) is 33.2 cm³/mol. The third-order valence-corrected chi connectivity index (χ3v) is 1.23. The molecule has 1 aliphatic rings. The number of hydrogen-bond donors (Lipinski definition) is 1. The van der Waals surface area contributed by atoms with Crippen LogP contribution in [0.5, 0.6) is 0 Å². The molecule has 0 saturated heterocycles. The van der Waals surface area contributed by atoms with Crippen LogP contribution in [0.1, 0.15) is 6.92 Å². The van der Waals surface area contributed by atoms with Crippen molar-refractivity contribution in [1.29, 1.82) is 0 Å². The van der Waals surface area contributed by atoms with Gasteiger partial charge in [-0.15, -0.1) is 0 Å². The van der Waals surface area contributed by atoms with E-state index in [0.717, 1.165) is 5.57 Å². The Morgan fingerprint density at radius 1 is 1.50 bits per heavy atom. The number of aliphatic hydroxyl groups is 1. The molecule has 1 nitrogen and oxygen atoms in total. The van der Waals surface area contributed by atoms with Gasteiger partial charge in [-0.2, -0.15) is 0 Å². The molecular formula is C7H9O. The average Bonchev–Trinajstić information content (AvgIpc) is 1.77. The fourth-order valence-corrected chi connectivity index (χ4v) is 0.627. The van der Waals surface area contributed by atoms with Gasteiger partial charge in [0, 0.05) is 6.42 Å². The molecule has 0 aromatic rings. The zero-order valence-corrected chi connectivity index (χ0v) is 4.83. The summed E-state index contributed by atoms with van der Waals surface area (Å²) in [4.78, 5) is 0. The molecule has 1 radical (unpaired) electrons. The molecule has 43 valence electrons. The Hall–Kier alpha value is -0.560. The fourth-order valence-electron chi connectivity index (χ4n) is 0.627. The van der Waals surface area contributed by atoms with Crippen LogP contribution in [0.4, 0.5) is 0 Å². The van der Waals surface area contributed by atoms with Gasteiger partial charge in [-0.05, 0) is 12.5 Å². The van der Waals surface area contributed by atoms with E-state index in [4.69, 9.17) is 5.11 Å². The Morgan fingerprint density at radius 2 is 2.25 bits per heavy atom. The van der Waals surface area contributed by atoms with Crippen LogP contribution in [-0.4, -0.2) is 11.2 Å². The van der Waals surface area contributed by atoms with Crippen LogP contribution in [0.15, 0.2) is 23.8 Å². The first-order valence-corrected chi connectivity index (χ1v) is 2.67. The fraction of sp³-hybridized carbons (Fsp3) is 0.286. The summed E-state index contributed by atoms with van der Waals surface area (Å²) >= 11 is 0. The lowest BCUT2D eigenvalue weighted by Crippen LogP contribution is -2.08. The van der Waals surface area contributed by atoms with E-state index in [1.165, 1.54) is 0 Å². The van der Waals surface area contributed by atoms with Crippen molar-refractivity contribution in [2.75, 3.05) is 0 Å². The minimum absolute atomic E-state index is 0.347. The maximum atomic E-state index is 9.00. The Balaban J connectivity index is 2.66. The highest BCUT2D eigenvalue weighted by Gasteiger charge is 2.04. The maximum absolute atomic E-state index is 9.00. The van der Waals surface area contributed by atoms with E-state index >= 15 is 0 Å². The predicted octanol–water partition coefficient (Wildman–Crippen LogP) is 1.07. The summed E-state index contributed by atoms with van der Waals surface area (Å²) in [5.74, 6) is 0. The zero-order chi connectivity index (χ0) is 5.98. The first kappa shape index (κ1) is 5.57. The van der Waals surface area contributed by atoms with Crippen molar-refractivity contribution >= 4 is 0 Å². The van der Waals surface area contributed by atoms with Crippen LogP contribution in [-0.2, 0) is 0 Å². The van der Waals surface area contributed by atoms with Gasteiger partial charge in [-0.3, -0.25) is 0 Å². The van der Waals surface area contributed by atoms with E-state index < -0.39 is 0 Å². The summed E-state index contributed by atoms with van der Waals surface area (Å²) < 4.78 is 0. The molecule has 0 unspecified atom stereocenters. The van der Waals surface area contributed by atoms with E-state index in [2.05, 4.69) is 0 Å². The molecule has 0 heterocycles. The second-order valence-corrected chi connectivity index (χ2v) is 1.93. The second-order valence-electron chi connectivity index (χ2n) is 1.93.